The smallest absolute Gasteiger partial charge is 0.328 e. The van der Waals surface area contributed by atoms with Gasteiger partial charge in [-0.2, -0.15) is 18.2 Å². The second-order valence-corrected chi connectivity index (χ2v) is 7.55. The van der Waals surface area contributed by atoms with Crippen LogP contribution in [-0.4, -0.2) is 20.5 Å². The molecule has 0 saturated carbocycles. The quantitative estimate of drug-likeness (QED) is 0.719. The van der Waals surface area contributed by atoms with E-state index in [4.69, 9.17) is 23.2 Å². The van der Waals surface area contributed by atoms with Gasteiger partial charge in [-0.05, 0) is 30.0 Å². The van der Waals surface area contributed by atoms with Gasteiger partial charge in [0.25, 0.3) is 5.82 Å². The number of carbonyl (C=O) groups is 1. The third kappa shape index (κ3) is 3.10. The van der Waals surface area contributed by atoms with Gasteiger partial charge < -0.3 is 5.32 Å². The fraction of sp³-hybridized carbons (Fsp3) is 0.353. The molecule has 0 fully saturated rings. The zero-order valence-electron chi connectivity index (χ0n) is 13.9. The van der Waals surface area contributed by atoms with Gasteiger partial charge in [0.2, 0.25) is 5.95 Å². The van der Waals surface area contributed by atoms with Crippen LogP contribution in [0.3, 0.4) is 0 Å². The Balaban J connectivity index is 1.92. The van der Waals surface area contributed by atoms with Crippen molar-refractivity contribution in [2.24, 2.45) is 5.92 Å². The summed E-state index contributed by atoms with van der Waals surface area (Å²) in [7, 11) is 0. The van der Waals surface area contributed by atoms with E-state index in [-0.39, 0.29) is 22.7 Å². The van der Waals surface area contributed by atoms with Crippen LogP contribution in [0.2, 0.25) is 10.0 Å². The molecule has 1 aromatic heterocycles. The van der Waals surface area contributed by atoms with Crippen molar-refractivity contribution < 1.29 is 18.0 Å². The lowest BCUT2D eigenvalue weighted by atomic mass is 9.81. The molecule has 1 aliphatic heterocycles. The van der Waals surface area contributed by atoms with Gasteiger partial charge >= 0.3 is 6.18 Å². The van der Waals surface area contributed by atoms with Crippen LogP contribution in [0.25, 0.3) is 0 Å². The number of alkyl halides is 3. The van der Waals surface area contributed by atoms with Crippen LogP contribution >= 0.6 is 23.2 Å². The Morgan fingerprint density at radius 1 is 1.22 bits per heavy atom. The van der Waals surface area contributed by atoms with Crippen molar-refractivity contribution in [2.45, 2.75) is 32.0 Å². The number of anilines is 1. The number of halogens is 5. The molecule has 1 aromatic carbocycles. The maximum absolute atomic E-state index is 13.1. The van der Waals surface area contributed by atoms with Crippen LogP contribution in [0.1, 0.15) is 37.2 Å². The molecular formula is C17H13Cl2F3N4O. The summed E-state index contributed by atoms with van der Waals surface area (Å²) in [6.45, 7) is 1.91. The van der Waals surface area contributed by atoms with Gasteiger partial charge in [-0.3, -0.25) is 4.79 Å². The number of fused-ring (bicyclic) bond motifs is 1. The molecule has 0 saturated heterocycles. The number of rotatable bonds is 1. The minimum absolute atomic E-state index is 0.0564. The molecule has 0 unspecified atom stereocenters. The zero-order valence-corrected chi connectivity index (χ0v) is 15.5. The molecular weight excluding hydrogens is 404 g/mol. The van der Waals surface area contributed by atoms with E-state index in [1.807, 2.05) is 6.92 Å². The van der Waals surface area contributed by atoms with E-state index >= 15 is 0 Å². The largest absolute Gasteiger partial charge is 0.453 e. The molecule has 5 nitrogen and oxygen atoms in total. The van der Waals surface area contributed by atoms with Crippen molar-refractivity contribution in [3.63, 3.8) is 0 Å². The van der Waals surface area contributed by atoms with E-state index < -0.39 is 18.0 Å². The highest BCUT2D eigenvalue weighted by molar-refractivity contribution is 6.42. The van der Waals surface area contributed by atoms with E-state index in [1.165, 1.54) is 6.07 Å². The Bertz CT molecular complexity index is 983. The third-order valence-electron chi connectivity index (χ3n) is 4.64. The normalized spacial score (nSPS) is 22.4. The number of allylic oxidation sites excluding steroid dienone is 2. The summed E-state index contributed by atoms with van der Waals surface area (Å²) in [5.74, 6) is -1.38. The van der Waals surface area contributed by atoms with Crippen molar-refractivity contribution in [1.82, 2.24) is 14.8 Å². The molecule has 2 atom stereocenters. The lowest BCUT2D eigenvalue weighted by Gasteiger charge is -2.34. The van der Waals surface area contributed by atoms with Gasteiger partial charge in [0.15, 0.2) is 5.78 Å². The summed E-state index contributed by atoms with van der Waals surface area (Å²) in [4.78, 5) is 16.3. The summed E-state index contributed by atoms with van der Waals surface area (Å²) < 4.78 is 40.5. The predicted octanol–water partition coefficient (Wildman–Crippen LogP) is 4.87. The molecule has 2 aromatic rings. The number of nitrogens with zero attached hydrogens (tertiary/aromatic N) is 3. The monoisotopic (exact) mass is 416 g/mol. The highest BCUT2D eigenvalue weighted by Crippen LogP contribution is 2.43. The molecule has 10 heteroatoms. The van der Waals surface area contributed by atoms with Crippen molar-refractivity contribution in [3.8, 4) is 0 Å². The fourth-order valence-electron chi connectivity index (χ4n) is 3.52. The van der Waals surface area contributed by atoms with E-state index in [9.17, 15) is 18.0 Å². The van der Waals surface area contributed by atoms with Gasteiger partial charge in [0, 0.05) is 17.7 Å². The zero-order chi connectivity index (χ0) is 19.5. The number of carbonyl (C=O) groups excluding carboxylic acids is 1. The Morgan fingerprint density at radius 3 is 2.63 bits per heavy atom. The second-order valence-electron chi connectivity index (χ2n) is 6.73. The van der Waals surface area contributed by atoms with E-state index in [1.54, 1.807) is 12.1 Å². The Hall–Kier alpha value is -2.06. The first-order chi connectivity index (χ1) is 12.6. The second kappa shape index (κ2) is 6.24. The molecule has 0 amide bonds. The van der Waals surface area contributed by atoms with Crippen LogP contribution in [0.5, 0.6) is 0 Å². The van der Waals surface area contributed by atoms with Gasteiger partial charge in [0.05, 0.1) is 10.0 Å². The van der Waals surface area contributed by atoms with E-state index in [0.717, 1.165) is 4.68 Å². The predicted molar refractivity (Wildman–Crippen MR) is 93.7 cm³/mol. The molecule has 2 aliphatic rings. The molecule has 1 N–H and O–H groups in total. The summed E-state index contributed by atoms with van der Waals surface area (Å²) in [6, 6.07) is 3.85. The maximum Gasteiger partial charge on any atom is 0.453 e. The number of hydrogen-bond donors (Lipinski definition) is 1. The average molecular weight is 417 g/mol. The summed E-state index contributed by atoms with van der Waals surface area (Å²) in [5, 5.41) is 7.05. The summed E-state index contributed by atoms with van der Waals surface area (Å²) >= 11 is 12.1. The topological polar surface area (TPSA) is 59.8 Å². The minimum atomic E-state index is -4.70. The molecule has 142 valence electrons. The number of ketones is 1. The van der Waals surface area contributed by atoms with Crippen LogP contribution in [-0.2, 0) is 11.0 Å². The van der Waals surface area contributed by atoms with Gasteiger partial charge in [-0.25, -0.2) is 4.68 Å². The first-order valence-electron chi connectivity index (χ1n) is 8.17. The summed E-state index contributed by atoms with van der Waals surface area (Å²) in [6.07, 6.45) is -3.85. The third-order valence-corrected chi connectivity index (χ3v) is 5.38. The van der Waals surface area contributed by atoms with Crippen molar-refractivity contribution in [3.05, 3.63) is 50.9 Å². The van der Waals surface area contributed by atoms with Crippen LogP contribution in [0, 0.1) is 5.92 Å². The highest BCUT2D eigenvalue weighted by atomic mass is 35.5. The van der Waals surface area contributed by atoms with Crippen LogP contribution < -0.4 is 5.32 Å². The van der Waals surface area contributed by atoms with Crippen molar-refractivity contribution >= 4 is 34.9 Å². The first-order valence-corrected chi connectivity index (χ1v) is 8.92. The Kier molecular flexibility index (Phi) is 4.23. The average Bonchev–Trinajstić information content (AvgIpc) is 2.99. The molecule has 1 aliphatic carbocycles. The van der Waals surface area contributed by atoms with Crippen LogP contribution in [0.4, 0.5) is 19.1 Å². The molecule has 0 spiro atoms. The Morgan fingerprint density at radius 2 is 1.96 bits per heavy atom. The van der Waals surface area contributed by atoms with Gasteiger partial charge in [-0.1, -0.05) is 36.2 Å². The molecule has 27 heavy (non-hydrogen) atoms. The number of hydrogen-bond acceptors (Lipinski definition) is 4. The first kappa shape index (κ1) is 18.3. The van der Waals surface area contributed by atoms with Gasteiger partial charge in [-0.15, -0.1) is 5.10 Å². The van der Waals surface area contributed by atoms with Crippen molar-refractivity contribution in [1.29, 1.82) is 0 Å². The standard InChI is InChI=1S/C17H13Cl2F3N4O/c1-7-4-11-13(12(27)5-7)14(8-2-3-9(18)10(19)6-8)26-16(23-11)24-15(25-26)17(20,21)22/h2-3,6-7,14H,4-5H2,1H3,(H,23,24,25)/t7-,14-/m1/s1. The fourth-order valence-corrected chi connectivity index (χ4v) is 3.82. The Labute approximate surface area is 162 Å². The van der Waals surface area contributed by atoms with E-state index in [2.05, 4.69) is 15.4 Å². The highest BCUT2D eigenvalue weighted by Gasteiger charge is 2.43. The minimum Gasteiger partial charge on any atom is -0.328 e. The number of Topliss-reactive ketones (excluding diaryl/α,β-unsaturated/α-hetero) is 1. The van der Waals surface area contributed by atoms with E-state index in [0.29, 0.717) is 34.7 Å². The lowest BCUT2D eigenvalue weighted by Crippen LogP contribution is -2.33. The molecule has 4 rings (SSSR count). The SMILES string of the molecule is C[C@H]1CC(=O)C2=C(C1)Nc1nc(C(F)(F)F)nn1[C@@H]2c1ccc(Cl)c(Cl)c1. The number of benzene rings is 1. The number of aromatic nitrogens is 3. The molecule has 0 radical (unpaired) electrons. The molecule has 0 bridgehead atoms. The van der Waals surface area contributed by atoms with Gasteiger partial charge in [0.1, 0.15) is 6.04 Å². The maximum atomic E-state index is 13.1. The number of nitrogens with one attached hydrogen (secondary N) is 1. The van der Waals surface area contributed by atoms with Crippen LogP contribution in [0.15, 0.2) is 29.5 Å². The lowest BCUT2D eigenvalue weighted by molar-refractivity contribution is -0.145. The van der Waals surface area contributed by atoms with Crippen molar-refractivity contribution in [2.75, 3.05) is 5.32 Å². The molecule has 2 heterocycles. The summed E-state index contributed by atoms with van der Waals surface area (Å²) in [5.41, 5.74) is 1.47.